The van der Waals surface area contributed by atoms with Crippen molar-refractivity contribution in [2.24, 2.45) is 0 Å². The number of hydrogen-bond acceptors (Lipinski definition) is 4. The first-order valence-electron chi connectivity index (χ1n) is 5.71. The van der Waals surface area contributed by atoms with Gasteiger partial charge in [-0.25, -0.2) is 5.48 Å². The van der Waals surface area contributed by atoms with Gasteiger partial charge in [0.1, 0.15) is 5.76 Å². The van der Waals surface area contributed by atoms with E-state index in [1.54, 1.807) is 24.6 Å². The van der Waals surface area contributed by atoms with E-state index in [4.69, 9.17) is 9.25 Å². The molecule has 0 aliphatic carbocycles. The van der Waals surface area contributed by atoms with Crippen LogP contribution in [0.25, 0.3) is 0 Å². The molecule has 0 bridgehead atoms. The second-order valence-electron chi connectivity index (χ2n) is 3.70. The zero-order valence-electron chi connectivity index (χ0n) is 9.83. The van der Waals surface area contributed by atoms with Crippen LogP contribution >= 0.6 is 0 Å². The molecule has 0 aliphatic heterocycles. The van der Waals surface area contributed by atoms with E-state index in [1.165, 1.54) is 6.20 Å². The molecule has 0 spiro atoms. The molecule has 2 rings (SSSR count). The smallest absolute Gasteiger partial charge is 0.276 e. The molecule has 18 heavy (non-hydrogen) atoms. The summed E-state index contributed by atoms with van der Waals surface area (Å²) in [5, 5.41) is 0. The topological polar surface area (TPSA) is 64.4 Å². The van der Waals surface area contributed by atoms with E-state index in [0.717, 1.165) is 18.6 Å². The minimum Gasteiger partial charge on any atom is -0.469 e. The first kappa shape index (κ1) is 12.3. The molecule has 0 saturated heterocycles. The van der Waals surface area contributed by atoms with Gasteiger partial charge in [0.25, 0.3) is 5.91 Å². The standard InChI is InChI=1S/C13H14N2O3/c16-13(11-4-1-7-14-10-11)15-18-9-3-6-12-5-2-8-17-12/h1-2,4-5,7-8,10H,3,6,9H2,(H,15,16). The maximum Gasteiger partial charge on any atom is 0.276 e. The van der Waals surface area contributed by atoms with Crippen molar-refractivity contribution in [1.29, 1.82) is 0 Å². The Balaban J connectivity index is 1.62. The summed E-state index contributed by atoms with van der Waals surface area (Å²) < 4.78 is 5.18. The van der Waals surface area contributed by atoms with Gasteiger partial charge in [-0.3, -0.25) is 14.6 Å². The molecule has 0 radical (unpaired) electrons. The van der Waals surface area contributed by atoms with Gasteiger partial charge in [0.2, 0.25) is 0 Å². The van der Waals surface area contributed by atoms with Crippen LogP contribution in [0, 0.1) is 0 Å². The van der Waals surface area contributed by atoms with Crippen LogP contribution in [0.3, 0.4) is 0 Å². The fourth-order valence-electron chi connectivity index (χ4n) is 1.45. The number of nitrogens with zero attached hydrogens (tertiary/aromatic N) is 1. The number of pyridine rings is 1. The number of hydrogen-bond donors (Lipinski definition) is 1. The highest BCUT2D eigenvalue weighted by atomic mass is 16.6. The summed E-state index contributed by atoms with van der Waals surface area (Å²) in [7, 11) is 0. The molecule has 1 N–H and O–H groups in total. The molecule has 5 heteroatoms. The molecule has 0 aliphatic rings. The predicted molar refractivity (Wildman–Crippen MR) is 64.7 cm³/mol. The van der Waals surface area contributed by atoms with Gasteiger partial charge in [-0.05, 0) is 30.7 Å². The molecule has 2 aromatic rings. The van der Waals surface area contributed by atoms with E-state index in [2.05, 4.69) is 10.5 Å². The number of amides is 1. The van der Waals surface area contributed by atoms with E-state index in [9.17, 15) is 4.79 Å². The Morgan fingerprint density at radius 3 is 3.06 bits per heavy atom. The summed E-state index contributed by atoms with van der Waals surface area (Å²) in [6, 6.07) is 7.13. The van der Waals surface area contributed by atoms with Crippen molar-refractivity contribution in [3.63, 3.8) is 0 Å². The lowest BCUT2D eigenvalue weighted by molar-refractivity contribution is 0.0301. The summed E-state index contributed by atoms with van der Waals surface area (Å²) in [5.41, 5.74) is 2.84. The van der Waals surface area contributed by atoms with E-state index in [1.807, 2.05) is 12.1 Å². The van der Waals surface area contributed by atoms with Gasteiger partial charge in [-0.1, -0.05) is 0 Å². The zero-order valence-corrected chi connectivity index (χ0v) is 9.83. The number of hydroxylamine groups is 1. The summed E-state index contributed by atoms with van der Waals surface area (Å²) >= 11 is 0. The normalized spacial score (nSPS) is 10.2. The summed E-state index contributed by atoms with van der Waals surface area (Å²) in [4.78, 5) is 20.5. The number of aryl methyl sites for hydroxylation is 1. The van der Waals surface area contributed by atoms with E-state index >= 15 is 0 Å². The summed E-state index contributed by atoms with van der Waals surface area (Å²) in [6.07, 6.45) is 6.31. The molecule has 0 aromatic carbocycles. The van der Waals surface area contributed by atoms with Gasteiger partial charge >= 0.3 is 0 Å². The Labute approximate surface area is 105 Å². The maximum absolute atomic E-state index is 11.5. The van der Waals surface area contributed by atoms with Crippen LogP contribution in [0.5, 0.6) is 0 Å². The average molecular weight is 246 g/mol. The average Bonchev–Trinajstić information content (AvgIpc) is 2.92. The van der Waals surface area contributed by atoms with Crippen molar-refractivity contribution in [2.45, 2.75) is 12.8 Å². The van der Waals surface area contributed by atoms with Crippen molar-refractivity contribution < 1.29 is 14.0 Å². The zero-order chi connectivity index (χ0) is 12.6. The highest BCUT2D eigenvalue weighted by Crippen LogP contribution is 2.03. The molecule has 0 fully saturated rings. The first-order chi connectivity index (χ1) is 8.86. The van der Waals surface area contributed by atoms with Crippen LogP contribution in [0.1, 0.15) is 22.5 Å². The number of carbonyl (C=O) groups is 1. The molecule has 1 amide bonds. The molecular weight excluding hydrogens is 232 g/mol. The molecule has 2 aromatic heterocycles. The van der Waals surface area contributed by atoms with Gasteiger partial charge in [-0.15, -0.1) is 0 Å². The third kappa shape index (κ3) is 3.71. The Morgan fingerprint density at radius 2 is 2.33 bits per heavy atom. The summed E-state index contributed by atoms with van der Waals surface area (Å²) in [6.45, 7) is 0.437. The lowest BCUT2D eigenvalue weighted by atomic mass is 10.3. The Hall–Kier alpha value is -2.14. The van der Waals surface area contributed by atoms with Crippen molar-refractivity contribution in [3.05, 3.63) is 54.2 Å². The van der Waals surface area contributed by atoms with Gasteiger partial charge in [0.05, 0.1) is 18.4 Å². The molecule has 94 valence electrons. The summed E-state index contributed by atoms with van der Waals surface area (Å²) in [5.74, 6) is 0.623. The van der Waals surface area contributed by atoms with Gasteiger partial charge in [0, 0.05) is 18.8 Å². The fraction of sp³-hybridized carbons (Fsp3) is 0.231. The van der Waals surface area contributed by atoms with Crippen LogP contribution < -0.4 is 5.48 Å². The van der Waals surface area contributed by atoms with Crippen LogP contribution in [-0.4, -0.2) is 17.5 Å². The molecule has 5 nitrogen and oxygen atoms in total. The lowest BCUT2D eigenvalue weighted by Gasteiger charge is -2.04. The van der Waals surface area contributed by atoms with Gasteiger partial charge < -0.3 is 4.42 Å². The molecular formula is C13H14N2O3. The lowest BCUT2D eigenvalue weighted by Crippen LogP contribution is -2.24. The highest BCUT2D eigenvalue weighted by Gasteiger charge is 2.04. The molecule has 0 saturated carbocycles. The molecule has 2 heterocycles. The number of rotatable bonds is 6. The Morgan fingerprint density at radius 1 is 1.39 bits per heavy atom. The van der Waals surface area contributed by atoms with Crippen molar-refractivity contribution in [3.8, 4) is 0 Å². The van der Waals surface area contributed by atoms with Crippen molar-refractivity contribution >= 4 is 5.91 Å². The predicted octanol–water partition coefficient (Wildman–Crippen LogP) is 1.97. The third-order valence-electron chi connectivity index (χ3n) is 2.34. The minimum absolute atomic E-state index is 0.291. The first-order valence-corrected chi connectivity index (χ1v) is 5.71. The van der Waals surface area contributed by atoms with Crippen molar-refractivity contribution in [2.75, 3.05) is 6.61 Å². The second kappa shape index (κ2) is 6.56. The van der Waals surface area contributed by atoms with E-state index in [0.29, 0.717) is 12.2 Å². The SMILES string of the molecule is O=C(NOCCCc1ccco1)c1cccnc1. The molecule has 0 atom stereocenters. The van der Waals surface area contributed by atoms with Crippen LogP contribution in [0.4, 0.5) is 0 Å². The number of aromatic nitrogens is 1. The fourth-order valence-corrected chi connectivity index (χ4v) is 1.45. The number of furan rings is 1. The maximum atomic E-state index is 11.5. The number of nitrogens with one attached hydrogen (secondary N) is 1. The van der Waals surface area contributed by atoms with Crippen LogP contribution in [-0.2, 0) is 11.3 Å². The molecule has 0 unspecified atom stereocenters. The largest absolute Gasteiger partial charge is 0.469 e. The Bertz CT molecular complexity index is 468. The Kier molecular flexibility index (Phi) is 4.49. The minimum atomic E-state index is -0.291. The monoisotopic (exact) mass is 246 g/mol. The van der Waals surface area contributed by atoms with Gasteiger partial charge in [0.15, 0.2) is 0 Å². The second-order valence-corrected chi connectivity index (χ2v) is 3.70. The number of carbonyl (C=O) groups excluding carboxylic acids is 1. The van der Waals surface area contributed by atoms with Crippen LogP contribution in [0.15, 0.2) is 47.3 Å². The van der Waals surface area contributed by atoms with Crippen molar-refractivity contribution in [1.82, 2.24) is 10.5 Å². The van der Waals surface area contributed by atoms with Gasteiger partial charge in [-0.2, -0.15) is 0 Å². The van der Waals surface area contributed by atoms with Crippen LogP contribution in [0.2, 0.25) is 0 Å². The third-order valence-corrected chi connectivity index (χ3v) is 2.34. The van der Waals surface area contributed by atoms with E-state index in [-0.39, 0.29) is 5.91 Å². The quantitative estimate of drug-likeness (QED) is 0.625. The van der Waals surface area contributed by atoms with E-state index < -0.39 is 0 Å². The highest BCUT2D eigenvalue weighted by molar-refractivity contribution is 5.92.